The summed E-state index contributed by atoms with van der Waals surface area (Å²) in [7, 11) is -2.14. The van der Waals surface area contributed by atoms with Crippen molar-refractivity contribution in [2.24, 2.45) is 0 Å². The normalized spacial score (nSPS) is 11.3. The maximum absolute atomic E-state index is 12.8. The predicted octanol–water partition coefficient (Wildman–Crippen LogP) is 3.38. The Labute approximate surface area is 137 Å². The maximum atomic E-state index is 12.8. The van der Waals surface area contributed by atoms with Gasteiger partial charge in [0.05, 0.1) is 12.0 Å². The van der Waals surface area contributed by atoms with Gasteiger partial charge < -0.3 is 4.74 Å². The Kier molecular flexibility index (Phi) is 4.94. The summed E-state index contributed by atoms with van der Waals surface area (Å²) >= 11 is 0. The second-order valence-corrected chi connectivity index (χ2v) is 7.10. The number of methoxy groups -OCH3 is 1. The molecule has 1 aromatic heterocycles. The van der Waals surface area contributed by atoms with Gasteiger partial charge in [0.1, 0.15) is 11.6 Å². The van der Waals surface area contributed by atoms with Crippen molar-refractivity contribution in [1.82, 2.24) is 4.98 Å². The molecular formula is C17H22N2O3S. The zero-order valence-electron chi connectivity index (χ0n) is 14.1. The number of nitrogens with zero attached hydrogens (tertiary/aromatic N) is 1. The maximum Gasteiger partial charge on any atom is 0.263 e. The molecule has 1 heterocycles. The Morgan fingerprint density at radius 1 is 1.17 bits per heavy atom. The molecule has 0 radical (unpaired) electrons. The first-order valence-electron chi connectivity index (χ1n) is 7.42. The molecule has 0 aliphatic rings. The molecule has 0 bridgehead atoms. The summed E-state index contributed by atoms with van der Waals surface area (Å²) in [5, 5.41) is 0. The van der Waals surface area contributed by atoms with Crippen molar-refractivity contribution in [3.63, 3.8) is 0 Å². The molecule has 2 aromatic rings. The number of nitrogens with one attached hydrogen (secondary N) is 1. The molecular weight excluding hydrogens is 312 g/mol. The van der Waals surface area contributed by atoms with Gasteiger partial charge in [0.2, 0.25) is 0 Å². The quantitative estimate of drug-likeness (QED) is 0.910. The number of rotatable bonds is 5. The molecule has 124 valence electrons. The number of hydrogen-bond acceptors (Lipinski definition) is 4. The van der Waals surface area contributed by atoms with E-state index in [0.717, 1.165) is 17.5 Å². The lowest BCUT2D eigenvalue weighted by atomic mass is 10.1. The van der Waals surface area contributed by atoms with Crippen LogP contribution in [0, 0.1) is 20.8 Å². The van der Waals surface area contributed by atoms with E-state index in [2.05, 4.69) is 9.71 Å². The Hall–Kier alpha value is -2.08. The van der Waals surface area contributed by atoms with E-state index in [4.69, 9.17) is 4.74 Å². The molecule has 2 rings (SSSR count). The second kappa shape index (κ2) is 6.58. The standard InChI is InChI=1S/C17H22N2O3S/c1-6-14-7-8-18-16(10-14)19-23(20,21)17-11(2)9-15(22-5)12(3)13(17)4/h7-10H,6H2,1-5H3,(H,18,19). The molecule has 1 N–H and O–H groups in total. The van der Waals surface area contributed by atoms with E-state index >= 15 is 0 Å². The van der Waals surface area contributed by atoms with Crippen molar-refractivity contribution in [2.45, 2.75) is 39.0 Å². The van der Waals surface area contributed by atoms with Gasteiger partial charge in [-0.25, -0.2) is 13.4 Å². The van der Waals surface area contributed by atoms with E-state index in [-0.39, 0.29) is 4.90 Å². The number of aryl methyl sites for hydroxylation is 2. The van der Waals surface area contributed by atoms with Crippen molar-refractivity contribution in [3.05, 3.63) is 46.6 Å². The fourth-order valence-electron chi connectivity index (χ4n) is 2.59. The van der Waals surface area contributed by atoms with Gasteiger partial charge in [0.25, 0.3) is 10.0 Å². The average Bonchev–Trinajstić information content (AvgIpc) is 2.50. The number of hydrogen-bond donors (Lipinski definition) is 1. The molecule has 0 spiro atoms. The van der Waals surface area contributed by atoms with Crippen LogP contribution in [-0.2, 0) is 16.4 Å². The van der Waals surface area contributed by atoms with Crippen molar-refractivity contribution >= 4 is 15.8 Å². The topological polar surface area (TPSA) is 68.3 Å². The van der Waals surface area contributed by atoms with Gasteiger partial charge in [-0.05, 0) is 67.6 Å². The average molecular weight is 334 g/mol. The van der Waals surface area contributed by atoms with E-state index in [9.17, 15) is 8.42 Å². The van der Waals surface area contributed by atoms with E-state index in [1.807, 2.05) is 19.9 Å². The summed E-state index contributed by atoms with van der Waals surface area (Å²) in [4.78, 5) is 4.38. The molecule has 1 aromatic carbocycles. The van der Waals surface area contributed by atoms with Crippen LogP contribution in [0.2, 0.25) is 0 Å². The number of anilines is 1. The third-order valence-corrected chi connectivity index (χ3v) is 5.58. The Balaban J connectivity index is 2.50. The van der Waals surface area contributed by atoms with Gasteiger partial charge in [-0.1, -0.05) is 6.92 Å². The van der Waals surface area contributed by atoms with Gasteiger partial charge in [0, 0.05) is 6.20 Å². The predicted molar refractivity (Wildman–Crippen MR) is 91.6 cm³/mol. The number of ether oxygens (including phenoxy) is 1. The first-order valence-corrected chi connectivity index (χ1v) is 8.91. The van der Waals surface area contributed by atoms with Crippen molar-refractivity contribution in [1.29, 1.82) is 0 Å². The fourth-order valence-corrected chi connectivity index (χ4v) is 4.11. The molecule has 0 aliphatic heterocycles. The van der Waals surface area contributed by atoms with Crippen LogP contribution in [0.15, 0.2) is 29.3 Å². The summed E-state index contributed by atoms with van der Waals surface area (Å²) in [6.07, 6.45) is 2.42. The number of benzene rings is 1. The van der Waals surface area contributed by atoms with E-state index in [0.29, 0.717) is 22.7 Å². The molecule has 5 nitrogen and oxygen atoms in total. The first kappa shape index (κ1) is 17.3. The molecule has 0 amide bonds. The van der Waals surface area contributed by atoms with Gasteiger partial charge in [-0.15, -0.1) is 0 Å². The SMILES string of the molecule is CCc1ccnc(NS(=O)(=O)c2c(C)cc(OC)c(C)c2C)c1. The zero-order chi connectivity index (χ0) is 17.2. The Morgan fingerprint density at radius 2 is 1.87 bits per heavy atom. The van der Waals surface area contributed by atoms with Crippen molar-refractivity contribution < 1.29 is 13.2 Å². The van der Waals surface area contributed by atoms with Crippen LogP contribution in [0.1, 0.15) is 29.2 Å². The van der Waals surface area contributed by atoms with Crippen LogP contribution in [0.4, 0.5) is 5.82 Å². The molecule has 0 fully saturated rings. The summed E-state index contributed by atoms with van der Waals surface area (Å²) < 4.78 is 33.5. The van der Waals surface area contributed by atoms with Gasteiger partial charge >= 0.3 is 0 Å². The Morgan fingerprint density at radius 3 is 2.48 bits per heavy atom. The Bertz CT molecular complexity index is 830. The molecule has 23 heavy (non-hydrogen) atoms. The summed E-state index contributed by atoms with van der Waals surface area (Å²) in [5.74, 6) is 1.02. The van der Waals surface area contributed by atoms with Crippen LogP contribution < -0.4 is 9.46 Å². The van der Waals surface area contributed by atoms with E-state index < -0.39 is 10.0 Å². The lowest BCUT2D eigenvalue weighted by molar-refractivity contribution is 0.410. The first-order chi connectivity index (χ1) is 10.8. The minimum atomic E-state index is -3.72. The molecule has 0 atom stereocenters. The van der Waals surface area contributed by atoms with Crippen LogP contribution in [0.25, 0.3) is 0 Å². The largest absolute Gasteiger partial charge is 0.496 e. The van der Waals surface area contributed by atoms with Gasteiger partial charge in [-0.2, -0.15) is 0 Å². The smallest absolute Gasteiger partial charge is 0.263 e. The highest BCUT2D eigenvalue weighted by Crippen LogP contribution is 2.31. The molecule has 6 heteroatoms. The highest BCUT2D eigenvalue weighted by atomic mass is 32.2. The molecule has 0 saturated heterocycles. The highest BCUT2D eigenvalue weighted by molar-refractivity contribution is 7.92. The highest BCUT2D eigenvalue weighted by Gasteiger charge is 2.23. The van der Waals surface area contributed by atoms with Crippen molar-refractivity contribution in [3.8, 4) is 5.75 Å². The molecule has 0 unspecified atom stereocenters. The summed E-state index contributed by atoms with van der Waals surface area (Å²) in [6, 6.07) is 5.36. The van der Waals surface area contributed by atoms with Crippen molar-refractivity contribution in [2.75, 3.05) is 11.8 Å². The summed E-state index contributed by atoms with van der Waals surface area (Å²) in [5.41, 5.74) is 3.16. The lowest BCUT2D eigenvalue weighted by Gasteiger charge is -2.17. The number of aromatic nitrogens is 1. The summed E-state index contributed by atoms with van der Waals surface area (Å²) in [6.45, 7) is 7.41. The lowest BCUT2D eigenvalue weighted by Crippen LogP contribution is -2.17. The molecule has 0 saturated carbocycles. The minimum absolute atomic E-state index is 0.277. The monoisotopic (exact) mass is 334 g/mol. The number of sulfonamides is 1. The van der Waals surface area contributed by atoms with Gasteiger partial charge in [-0.3, -0.25) is 4.72 Å². The second-order valence-electron chi connectivity index (χ2n) is 5.48. The van der Waals surface area contributed by atoms with Crippen LogP contribution in [0.5, 0.6) is 5.75 Å². The van der Waals surface area contributed by atoms with Crippen LogP contribution >= 0.6 is 0 Å². The minimum Gasteiger partial charge on any atom is -0.496 e. The molecule has 0 aliphatic carbocycles. The number of pyridine rings is 1. The van der Waals surface area contributed by atoms with Crippen LogP contribution in [0.3, 0.4) is 0 Å². The fraction of sp³-hybridized carbons (Fsp3) is 0.353. The third-order valence-electron chi connectivity index (χ3n) is 3.94. The third kappa shape index (κ3) is 3.47. The zero-order valence-corrected chi connectivity index (χ0v) is 14.9. The van der Waals surface area contributed by atoms with Crippen LogP contribution in [-0.4, -0.2) is 20.5 Å². The van der Waals surface area contributed by atoms with Gasteiger partial charge in [0.15, 0.2) is 0 Å². The van der Waals surface area contributed by atoms with E-state index in [1.165, 1.54) is 0 Å². The van der Waals surface area contributed by atoms with E-state index in [1.54, 1.807) is 39.3 Å².